The van der Waals surface area contributed by atoms with Crippen molar-refractivity contribution in [1.29, 1.82) is 0 Å². The Labute approximate surface area is 723 Å². The molecule has 15 heterocycles. The van der Waals surface area contributed by atoms with E-state index in [0.717, 1.165) is 44.7 Å². The van der Waals surface area contributed by atoms with E-state index in [2.05, 4.69) is 414 Å². The molecule has 0 amide bonds. The molecule has 0 aliphatic carbocycles. The summed E-state index contributed by atoms with van der Waals surface area (Å²) in [5, 5.41) is 12.3. The molecule has 125 heavy (non-hydrogen) atoms. The van der Waals surface area contributed by atoms with Gasteiger partial charge in [-0.15, -0.1) is 0 Å². The molecule has 0 bridgehead atoms. The number of para-hydroxylation sites is 8. The summed E-state index contributed by atoms with van der Waals surface area (Å²) in [4.78, 5) is 24.4. The van der Waals surface area contributed by atoms with Crippen molar-refractivity contribution in [2.75, 3.05) is 0 Å². The Bertz CT molecular complexity index is 9000. The number of pyridine rings is 10. The van der Waals surface area contributed by atoms with Crippen LogP contribution >= 0.6 is 0 Å². The highest BCUT2D eigenvalue weighted by Crippen LogP contribution is 2.41. The lowest BCUT2D eigenvalue weighted by Crippen LogP contribution is -2.27. The van der Waals surface area contributed by atoms with E-state index in [4.69, 9.17) is 24.9 Å². The highest BCUT2D eigenvalue weighted by molar-refractivity contribution is 6.17. The maximum Gasteiger partial charge on any atom is 0.297 e. The minimum absolute atomic E-state index is 1.06. The Morgan fingerprint density at radius 2 is 0.640 bits per heavy atom. The largest absolute Gasteiger partial charge is 0.297 e. The van der Waals surface area contributed by atoms with Gasteiger partial charge < -0.3 is 0 Å². The van der Waals surface area contributed by atoms with Crippen LogP contribution in [0.2, 0.25) is 0 Å². The van der Waals surface area contributed by atoms with Crippen LogP contribution in [0.1, 0.15) is 83.8 Å². The maximum atomic E-state index is 4.92. The lowest BCUT2D eigenvalue weighted by atomic mass is 10.00. The van der Waals surface area contributed by atoms with Crippen LogP contribution in [-0.4, -0.2) is 47.1 Å². The highest BCUT2D eigenvalue weighted by atomic mass is 15.2. The van der Waals surface area contributed by atoms with E-state index >= 15 is 0 Å². The Balaban J connectivity index is 0.0000000956. The van der Waals surface area contributed by atoms with Crippen molar-refractivity contribution >= 4 is 192 Å². The summed E-state index contributed by atoms with van der Waals surface area (Å²) < 4.78 is 23.5. The summed E-state index contributed by atoms with van der Waals surface area (Å²) in [7, 11) is 10.8. The summed E-state index contributed by atoms with van der Waals surface area (Å²) in [6.45, 7) is 32.4. The first-order valence-electron chi connectivity index (χ1n) is 43.3. The fourth-order valence-corrected chi connectivity index (χ4v) is 21.1. The first-order chi connectivity index (χ1) is 60.4. The highest BCUT2D eigenvalue weighted by Gasteiger charge is 2.33. The van der Waals surface area contributed by atoms with Crippen LogP contribution in [0.3, 0.4) is 0 Å². The molecule has 0 saturated heterocycles. The molecule has 0 radical (unpaired) electrons. The van der Waals surface area contributed by atoms with Crippen molar-refractivity contribution in [3.8, 4) is 0 Å². The van der Waals surface area contributed by atoms with Crippen LogP contribution in [-0.2, 0) is 35.2 Å². The lowest BCUT2D eigenvalue weighted by Gasteiger charge is -2.10. The topological polar surface area (TPSA) is 107 Å². The van der Waals surface area contributed by atoms with Gasteiger partial charge in [-0.05, 0) is 299 Å². The average molecular weight is 1630 g/mol. The number of benzene rings is 10. The lowest BCUT2D eigenvalue weighted by molar-refractivity contribution is -0.617. The average Bonchev–Trinajstić information content (AvgIpc) is 1.62. The van der Waals surface area contributed by atoms with Crippen molar-refractivity contribution in [1.82, 2.24) is 47.1 Å². The van der Waals surface area contributed by atoms with E-state index < -0.39 is 0 Å². The zero-order valence-corrected chi connectivity index (χ0v) is 74.8. The van der Waals surface area contributed by atoms with Gasteiger partial charge in [-0.25, -0.2) is 22.8 Å². The maximum absolute atomic E-state index is 4.92. The van der Waals surface area contributed by atoms with Crippen LogP contribution in [0.5, 0.6) is 0 Å². The van der Waals surface area contributed by atoms with Crippen molar-refractivity contribution < 1.29 is 22.7 Å². The van der Waals surface area contributed by atoms with Gasteiger partial charge in [0.25, 0.3) is 28.2 Å². The Hall–Kier alpha value is -14.7. The van der Waals surface area contributed by atoms with Gasteiger partial charge in [-0.1, -0.05) is 97.1 Å². The minimum Gasteiger partial charge on any atom is -0.255 e. The number of aromatic nitrogens is 15. The molecule has 0 spiro atoms. The molecule has 0 atom stereocenters. The second-order valence-electron chi connectivity index (χ2n) is 35.0. The number of imidazole rings is 5. The molecule has 25 rings (SSSR count). The molecule has 0 unspecified atom stereocenters. The van der Waals surface area contributed by atoms with E-state index in [1.807, 2.05) is 12.4 Å². The van der Waals surface area contributed by atoms with Crippen molar-refractivity contribution in [3.63, 3.8) is 0 Å². The smallest absolute Gasteiger partial charge is 0.255 e. The molecule has 15 aromatic heterocycles. The van der Waals surface area contributed by atoms with Gasteiger partial charge in [0, 0.05) is 51.2 Å². The van der Waals surface area contributed by atoms with Crippen molar-refractivity contribution in [3.05, 3.63) is 327 Å². The van der Waals surface area contributed by atoms with Gasteiger partial charge in [0.2, 0.25) is 0 Å². The number of nitrogens with zero attached hydrogens (tertiary/aromatic N) is 15. The molecule has 25 aromatic rings. The third kappa shape index (κ3) is 11.6. The van der Waals surface area contributed by atoms with Crippen LogP contribution in [0.4, 0.5) is 0 Å². The Morgan fingerprint density at radius 1 is 0.240 bits per heavy atom. The molecule has 0 saturated carbocycles. The zero-order valence-electron chi connectivity index (χ0n) is 74.8. The van der Waals surface area contributed by atoms with E-state index in [1.165, 1.54) is 232 Å². The van der Waals surface area contributed by atoms with E-state index in [-0.39, 0.29) is 0 Å². The number of hydrogen-bond acceptors (Lipinski definition) is 5. The normalized spacial score (nSPS) is 12.0. The second-order valence-corrected chi connectivity index (χ2v) is 35.0. The molecular weight excluding hydrogens is 1530 g/mol. The van der Waals surface area contributed by atoms with Gasteiger partial charge in [-0.2, -0.15) is 22.0 Å². The van der Waals surface area contributed by atoms with Crippen molar-refractivity contribution in [2.45, 2.75) is 104 Å². The van der Waals surface area contributed by atoms with Crippen molar-refractivity contribution in [2.24, 2.45) is 35.2 Å². The first-order valence-corrected chi connectivity index (χ1v) is 43.3. The minimum atomic E-state index is 1.06. The zero-order chi connectivity index (χ0) is 86.5. The molecule has 610 valence electrons. The van der Waals surface area contributed by atoms with Crippen LogP contribution < -0.4 is 22.7 Å². The SMILES string of the molecule is Cc1cc(C)c2c(n1)c1ccccc1n1c3c(C)cccc3[n+](C)c21.Cc1cc(C)c2c3nccc(C)c3c3n(c2c1)c1ccccc1[n+]3C.Cc1ccc2c(c1)n(C)c1c3c(C)cc(C)nc3c3ccccc3[n+]21.Cc1ccc2c(c1)n1c3ccccc3c3nc(C)cc(C)c3c1[n+]2C.Cc1ccc2c(c1C)c1nccc(C)c1c1n2c2ccccc2[n+]1C. The molecule has 0 N–H and O–H groups in total. The van der Waals surface area contributed by atoms with Gasteiger partial charge in [-0.3, -0.25) is 24.9 Å². The second kappa shape index (κ2) is 29.0. The summed E-state index contributed by atoms with van der Waals surface area (Å²) in [5.74, 6) is 0. The monoisotopic (exact) mass is 1630 g/mol. The fourth-order valence-electron chi connectivity index (χ4n) is 21.1. The molecule has 0 fully saturated rings. The van der Waals surface area contributed by atoms with Gasteiger partial charge in [0.1, 0.15) is 27.6 Å². The predicted octanol–water partition coefficient (Wildman–Crippen LogP) is 22.7. The molecule has 15 nitrogen and oxygen atoms in total. The van der Waals surface area contributed by atoms with Crippen LogP contribution in [0, 0.1) is 104 Å². The van der Waals surface area contributed by atoms with Gasteiger partial charge >= 0.3 is 0 Å². The number of rotatable bonds is 0. The third-order valence-corrected chi connectivity index (χ3v) is 26.7. The van der Waals surface area contributed by atoms with Gasteiger partial charge in [0.15, 0.2) is 55.2 Å². The first kappa shape index (κ1) is 77.6. The number of aryl methyl sites for hydroxylation is 20. The summed E-state index contributed by atoms with van der Waals surface area (Å²) in [5.41, 5.74) is 48.6. The van der Waals surface area contributed by atoms with E-state index in [9.17, 15) is 0 Å². The Kier molecular flexibility index (Phi) is 18.0. The molecule has 0 aliphatic heterocycles. The quantitative estimate of drug-likeness (QED) is 0.111. The number of hydrogen-bond donors (Lipinski definition) is 0. The molecular formula is C110H100N15+5. The van der Waals surface area contributed by atoms with Gasteiger partial charge in [0.05, 0.1) is 101 Å². The van der Waals surface area contributed by atoms with Crippen LogP contribution in [0.15, 0.2) is 243 Å². The Morgan fingerprint density at radius 3 is 1.20 bits per heavy atom. The third-order valence-electron chi connectivity index (χ3n) is 26.7. The standard InChI is InChI=1S/5C22H20N3/c1-13-8-7-11-18-21(13)25-17-10-6-5-9-16(17)20-19(22(25)24(18)4)14(2)12-15(3)23-20;1-13-11-15(3)19-18(12-13)25-17-8-6-5-7-16(17)24(4)22(25)20-14(2)9-10-23-21(19)20;1-13-9-10-18-19(11-13)24(4)22-20-14(2)12-15(3)23-21(20)16-7-5-6-8-17(16)25(18)22;1-13-9-10-18-19(11-13)25-17-8-6-5-7-16(17)21-20(22(25)24(18)4)14(2)12-15(3)23-21;1-13-9-10-18-20(15(13)3)21-19(14(2)11-12-23-21)22-24(4)16-7-5-6-8-17(16)25(18)22/h5*5-12H,1-4H3/q5*+1. The predicted molar refractivity (Wildman–Crippen MR) is 515 cm³/mol. The molecule has 0 aliphatic rings. The fraction of sp³-hybridized carbons (Fsp3) is 0.182. The molecule has 10 aromatic carbocycles. The molecule has 15 heteroatoms. The van der Waals surface area contributed by atoms with E-state index in [0.29, 0.717) is 0 Å². The number of fused-ring (bicyclic) bond motifs is 40. The summed E-state index contributed by atoms with van der Waals surface area (Å²) >= 11 is 0. The van der Waals surface area contributed by atoms with Crippen LogP contribution in [0.25, 0.3) is 192 Å². The van der Waals surface area contributed by atoms with E-state index in [1.54, 1.807) is 0 Å². The summed E-state index contributed by atoms with van der Waals surface area (Å²) in [6.07, 6.45) is 3.85. The summed E-state index contributed by atoms with van der Waals surface area (Å²) in [6, 6.07) is 82.6.